The summed E-state index contributed by atoms with van der Waals surface area (Å²) in [6, 6.07) is 14.9. The van der Waals surface area contributed by atoms with Gasteiger partial charge >= 0.3 is 0 Å². The summed E-state index contributed by atoms with van der Waals surface area (Å²) in [5, 5.41) is 3.42. The predicted octanol–water partition coefficient (Wildman–Crippen LogP) is 4.44. The molecule has 0 saturated carbocycles. The van der Waals surface area contributed by atoms with Gasteiger partial charge in [0.1, 0.15) is 5.82 Å². The van der Waals surface area contributed by atoms with E-state index in [2.05, 4.69) is 34.2 Å². The van der Waals surface area contributed by atoms with Gasteiger partial charge in [-0.05, 0) is 36.2 Å². The first-order valence-electron chi connectivity index (χ1n) is 5.89. The van der Waals surface area contributed by atoms with Gasteiger partial charge in [-0.2, -0.15) is 0 Å². The molecule has 2 aromatic rings. The number of hydrogen-bond acceptors (Lipinski definition) is 1. The van der Waals surface area contributed by atoms with E-state index in [9.17, 15) is 4.39 Å². The number of benzene rings is 2. The van der Waals surface area contributed by atoms with E-state index in [4.69, 9.17) is 0 Å². The van der Waals surface area contributed by atoms with Gasteiger partial charge in [-0.1, -0.05) is 46.3 Å². The average molecular weight is 308 g/mol. The van der Waals surface area contributed by atoms with E-state index in [1.807, 2.05) is 30.3 Å². The number of halogens is 2. The van der Waals surface area contributed by atoms with Crippen molar-refractivity contribution >= 4 is 15.9 Å². The van der Waals surface area contributed by atoms with Crippen molar-refractivity contribution < 1.29 is 4.39 Å². The zero-order valence-electron chi connectivity index (χ0n) is 10.2. The minimum atomic E-state index is -0.197. The number of rotatable bonds is 4. The SMILES string of the molecule is C[C@H](NCc1ccccc1Br)c1ccc(F)cc1. The fraction of sp³-hybridized carbons (Fsp3) is 0.200. The highest BCUT2D eigenvalue weighted by Gasteiger charge is 2.06. The molecule has 0 heterocycles. The third kappa shape index (κ3) is 3.40. The average Bonchev–Trinajstić information content (AvgIpc) is 2.38. The molecule has 18 heavy (non-hydrogen) atoms. The van der Waals surface area contributed by atoms with Crippen LogP contribution in [-0.4, -0.2) is 0 Å². The minimum absolute atomic E-state index is 0.192. The molecule has 1 atom stereocenters. The van der Waals surface area contributed by atoms with Gasteiger partial charge in [0.2, 0.25) is 0 Å². The maximum Gasteiger partial charge on any atom is 0.123 e. The molecule has 0 aliphatic carbocycles. The Morgan fingerprint density at radius 1 is 1.11 bits per heavy atom. The maximum atomic E-state index is 12.8. The summed E-state index contributed by atoms with van der Waals surface area (Å²) in [6.45, 7) is 2.85. The summed E-state index contributed by atoms with van der Waals surface area (Å²) in [5.41, 5.74) is 2.30. The lowest BCUT2D eigenvalue weighted by Crippen LogP contribution is -2.18. The monoisotopic (exact) mass is 307 g/mol. The van der Waals surface area contributed by atoms with Crippen molar-refractivity contribution in [1.82, 2.24) is 5.32 Å². The van der Waals surface area contributed by atoms with E-state index in [-0.39, 0.29) is 11.9 Å². The van der Waals surface area contributed by atoms with Crippen LogP contribution >= 0.6 is 15.9 Å². The molecule has 0 fully saturated rings. The van der Waals surface area contributed by atoms with Crippen LogP contribution < -0.4 is 5.32 Å². The molecule has 94 valence electrons. The topological polar surface area (TPSA) is 12.0 Å². The van der Waals surface area contributed by atoms with Crippen LogP contribution in [-0.2, 0) is 6.54 Å². The lowest BCUT2D eigenvalue weighted by Gasteiger charge is -2.15. The molecule has 0 spiro atoms. The second kappa shape index (κ2) is 6.12. The van der Waals surface area contributed by atoms with Crippen LogP contribution in [0.3, 0.4) is 0 Å². The second-order valence-electron chi connectivity index (χ2n) is 4.25. The molecular formula is C15H15BrFN. The molecule has 0 amide bonds. The molecule has 1 nitrogen and oxygen atoms in total. The van der Waals surface area contributed by atoms with Crippen molar-refractivity contribution in [2.24, 2.45) is 0 Å². The molecule has 0 aliphatic rings. The first kappa shape index (κ1) is 13.2. The first-order chi connectivity index (χ1) is 8.66. The van der Waals surface area contributed by atoms with Crippen molar-refractivity contribution in [3.05, 3.63) is 69.9 Å². The Hall–Kier alpha value is -1.19. The van der Waals surface area contributed by atoms with Gasteiger partial charge in [0.25, 0.3) is 0 Å². The summed E-state index contributed by atoms with van der Waals surface area (Å²) >= 11 is 3.52. The molecule has 0 bridgehead atoms. The standard InChI is InChI=1S/C15H15BrFN/c1-11(12-6-8-14(17)9-7-12)18-10-13-4-2-3-5-15(13)16/h2-9,11,18H,10H2,1H3/t11-/m0/s1. The molecule has 0 saturated heterocycles. The van der Waals surface area contributed by atoms with Crippen molar-refractivity contribution in [2.45, 2.75) is 19.5 Å². The molecule has 0 aliphatic heterocycles. The fourth-order valence-electron chi connectivity index (χ4n) is 1.77. The van der Waals surface area contributed by atoms with Crippen LogP contribution in [0.1, 0.15) is 24.1 Å². The summed E-state index contributed by atoms with van der Waals surface area (Å²) in [5.74, 6) is -0.197. The van der Waals surface area contributed by atoms with Crippen LogP contribution in [0.2, 0.25) is 0 Å². The van der Waals surface area contributed by atoms with E-state index in [0.29, 0.717) is 0 Å². The molecule has 3 heteroatoms. The van der Waals surface area contributed by atoms with Crippen molar-refractivity contribution in [1.29, 1.82) is 0 Å². The lowest BCUT2D eigenvalue weighted by atomic mass is 10.1. The largest absolute Gasteiger partial charge is 0.306 e. The Bertz CT molecular complexity index is 510. The summed E-state index contributed by atoms with van der Waals surface area (Å²) in [7, 11) is 0. The minimum Gasteiger partial charge on any atom is -0.306 e. The molecule has 0 unspecified atom stereocenters. The summed E-state index contributed by atoms with van der Waals surface area (Å²) in [6.07, 6.45) is 0. The Labute approximate surface area is 115 Å². The lowest BCUT2D eigenvalue weighted by molar-refractivity contribution is 0.570. The van der Waals surface area contributed by atoms with Gasteiger partial charge in [0, 0.05) is 17.1 Å². The third-order valence-electron chi connectivity index (χ3n) is 2.93. The van der Waals surface area contributed by atoms with Gasteiger partial charge in [-0.3, -0.25) is 0 Å². The molecular weight excluding hydrogens is 293 g/mol. The molecule has 0 aromatic heterocycles. The molecule has 0 radical (unpaired) electrons. The quantitative estimate of drug-likeness (QED) is 0.880. The van der Waals surface area contributed by atoms with Crippen LogP contribution in [0, 0.1) is 5.82 Å². The normalized spacial score (nSPS) is 12.4. The van der Waals surface area contributed by atoms with Gasteiger partial charge in [0.15, 0.2) is 0 Å². The third-order valence-corrected chi connectivity index (χ3v) is 3.70. The number of nitrogens with one attached hydrogen (secondary N) is 1. The maximum absolute atomic E-state index is 12.8. The van der Waals surface area contributed by atoms with Gasteiger partial charge in [-0.25, -0.2) is 4.39 Å². The van der Waals surface area contributed by atoms with Crippen LogP contribution in [0.25, 0.3) is 0 Å². The Morgan fingerprint density at radius 3 is 2.44 bits per heavy atom. The Kier molecular flexibility index (Phi) is 4.50. The Balaban J connectivity index is 1.98. The number of hydrogen-bond donors (Lipinski definition) is 1. The Morgan fingerprint density at radius 2 is 1.78 bits per heavy atom. The summed E-state index contributed by atoms with van der Waals surface area (Å²) < 4.78 is 13.9. The van der Waals surface area contributed by atoms with Crippen molar-refractivity contribution in [3.63, 3.8) is 0 Å². The highest BCUT2D eigenvalue weighted by atomic mass is 79.9. The van der Waals surface area contributed by atoms with Crippen molar-refractivity contribution in [3.8, 4) is 0 Å². The van der Waals surface area contributed by atoms with Gasteiger partial charge in [-0.15, -0.1) is 0 Å². The van der Waals surface area contributed by atoms with Gasteiger partial charge in [0.05, 0.1) is 0 Å². The molecule has 2 aromatic carbocycles. The van der Waals surface area contributed by atoms with E-state index < -0.39 is 0 Å². The first-order valence-corrected chi connectivity index (χ1v) is 6.68. The second-order valence-corrected chi connectivity index (χ2v) is 5.10. The molecule has 2 rings (SSSR count). The summed E-state index contributed by atoms with van der Waals surface area (Å²) in [4.78, 5) is 0. The zero-order chi connectivity index (χ0) is 13.0. The zero-order valence-corrected chi connectivity index (χ0v) is 11.7. The van der Waals surface area contributed by atoms with Crippen molar-refractivity contribution in [2.75, 3.05) is 0 Å². The fourth-order valence-corrected chi connectivity index (χ4v) is 2.20. The van der Waals surface area contributed by atoms with E-state index in [1.165, 1.54) is 17.7 Å². The molecule has 1 N–H and O–H groups in total. The van der Waals surface area contributed by atoms with E-state index >= 15 is 0 Å². The predicted molar refractivity (Wildman–Crippen MR) is 75.8 cm³/mol. The highest BCUT2D eigenvalue weighted by Crippen LogP contribution is 2.18. The van der Waals surface area contributed by atoms with Crippen LogP contribution in [0.5, 0.6) is 0 Å². The van der Waals surface area contributed by atoms with Gasteiger partial charge < -0.3 is 5.32 Å². The smallest absolute Gasteiger partial charge is 0.123 e. The highest BCUT2D eigenvalue weighted by molar-refractivity contribution is 9.10. The van der Waals surface area contributed by atoms with E-state index in [0.717, 1.165) is 16.6 Å². The van der Waals surface area contributed by atoms with E-state index in [1.54, 1.807) is 0 Å². The van der Waals surface area contributed by atoms with Crippen LogP contribution in [0.4, 0.5) is 4.39 Å². The van der Waals surface area contributed by atoms with Crippen LogP contribution in [0.15, 0.2) is 53.0 Å².